The predicted molar refractivity (Wildman–Crippen MR) is 77.3 cm³/mol. The van der Waals surface area contributed by atoms with Gasteiger partial charge >= 0.3 is 0 Å². The molecule has 0 aliphatic heterocycles. The standard InChI is InChI=1S/C14H20ClNOS/c15-12-6-4-7-13(9-12)18(17)14-8-3-1-2-5-11(14)10-16/h4,6-7,9,11,14H,1-3,5,8,10,16H2. The van der Waals surface area contributed by atoms with Gasteiger partial charge in [-0.15, -0.1) is 0 Å². The van der Waals surface area contributed by atoms with Gasteiger partial charge < -0.3 is 5.73 Å². The maximum Gasteiger partial charge on any atom is 0.0564 e. The van der Waals surface area contributed by atoms with E-state index in [2.05, 4.69) is 0 Å². The fourth-order valence-electron chi connectivity index (χ4n) is 2.67. The highest BCUT2D eigenvalue weighted by Gasteiger charge is 2.28. The second kappa shape index (κ2) is 6.69. The van der Waals surface area contributed by atoms with E-state index in [1.54, 1.807) is 0 Å². The summed E-state index contributed by atoms with van der Waals surface area (Å²) >= 11 is 5.97. The molecule has 3 atom stereocenters. The van der Waals surface area contributed by atoms with Crippen LogP contribution in [0.25, 0.3) is 0 Å². The quantitative estimate of drug-likeness (QED) is 0.866. The normalized spacial score (nSPS) is 26.6. The summed E-state index contributed by atoms with van der Waals surface area (Å²) in [4.78, 5) is 0.841. The zero-order valence-corrected chi connectivity index (χ0v) is 12.1. The predicted octanol–water partition coefficient (Wildman–Crippen LogP) is 3.36. The molecule has 0 radical (unpaired) electrons. The highest BCUT2D eigenvalue weighted by atomic mass is 35.5. The summed E-state index contributed by atoms with van der Waals surface area (Å²) in [5.74, 6) is 0.382. The Kier molecular flexibility index (Phi) is 5.22. The molecule has 2 N–H and O–H groups in total. The number of hydrogen-bond acceptors (Lipinski definition) is 2. The minimum absolute atomic E-state index is 0.191. The molecule has 0 saturated heterocycles. The van der Waals surface area contributed by atoms with E-state index in [0.29, 0.717) is 17.5 Å². The maximum absolute atomic E-state index is 12.7. The fraction of sp³-hybridized carbons (Fsp3) is 0.571. The zero-order valence-electron chi connectivity index (χ0n) is 10.5. The van der Waals surface area contributed by atoms with Gasteiger partial charge in [0.05, 0.1) is 10.8 Å². The van der Waals surface area contributed by atoms with Crippen LogP contribution >= 0.6 is 11.6 Å². The van der Waals surface area contributed by atoms with E-state index < -0.39 is 10.8 Å². The topological polar surface area (TPSA) is 43.1 Å². The van der Waals surface area contributed by atoms with E-state index in [1.165, 1.54) is 12.8 Å². The molecule has 2 nitrogen and oxygen atoms in total. The minimum Gasteiger partial charge on any atom is -0.330 e. The van der Waals surface area contributed by atoms with Gasteiger partial charge in [0.25, 0.3) is 0 Å². The molecule has 4 heteroatoms. The van der Waals surface area contributed by atoms with Gasteiger partial charge in [0.2, 0.25) is 0 Å². The minimum atomic E-state index is -0.986. The van der Waals surface area contributed by atoms with Crippen molar-refractivity contribution < 1.29 is 4.21 Å². The Morgan fingerprint density at radius 3 is 2.78 bits per heavy atom. The van der Waals surface area contributed by atoms with Gasteiger partial charge in [-0.25, -0.2) is 0 Å². The van der Waals surface area contributed by atoms with Crippen LogP contribution in [0, 0.1) is 5.92 Å². The van der Waals surface area contributed by atoms with Crippen molar-refractivity contribution in [1.82, 2.24) is 0 Å². The van der Waals surface area contributed by atoms with Crippen LogP contribution in [0.4, 0.5) is 0 Å². The van der Waals surface area contributed by atoms with Crippen LogP contribution in [-0.2, 0) is 10.8 Å². The lowest BCUT2D eigenvalue weighted by Gasteiger charge is -2.23. The van der Waals surface area contributed by atoms with Gasteiger partial charge in [0.15, 0.2) is 0 Å². The van der Waals surface area contributed by atoms with Gasteiger partial charge in [-0.3, -0.25) is 4.21 Å². The lowest BCUT2D eigenvalue weighted by molar-refractivity contribution is 0.473. The molecule has 1 aromatic rings. The molecule has 100 valence electrons. The Bertz CT molecular complexity index is 424. The van der Waals surface area contributed by atoms with Crippen LogP contribution in [0.5, 0.6) is 0 Å². The third-order valence-corrected chi connectivity index (χ3v) is 5.82. The molecule has 1 aliphatic carbocycles. The monoisotopic (exact) mass is 285 g/mol. The molecule has 18 heavy (non-hydrogen) atoms. The highest BCUT2D eigenvalue weighted by molar-refractivity contribution is 7.85. The second-order valence-corrected chi connectivity index (χ2v) is 7.04. The molecule has 1 fully saturated rings. The molecular weight excluding hydrogens is 266 g/mol. The maximum atomic E-state index is 12.7. The van der Waals surface area contributed by atoms with E-state index in [4.69, 9.17) is 17.3 Å². The Morgan fingerprint density at radius 2 is 2.06 bits per heavy atom. The van der Waals surface area contributed by atoms with Gasteiger partial charge in [-0.2, -0.15) is 0 Å². The summed E-state index contributed by atoms with van der Waals surface area (Å²) in [7, 11) is -0.986. The third-order valence-electron chi connectivity index (χ3n) is 3.70. The molecule has 0 aromatic heterocycles. The van der Waals surface area contributed by atoms with Gasteiger partial charge in [-0.05, 0) is 43.5 Å². The molecule has 0 spiro atoms. The van der Waals surface area contributed by atoms with Crippen LogP contribution in [0.15, 0.2) is 29.2 Å². The number of halogens is 1. The number of hydrogen-bond donors (Lipinski definition) is 1. The van der Waals surface area contributed by atoms with Crippen LogP contribution < -0.4 is 5.73 Å². The lowest BCUT2D eigenvalue weighted by Crippen LogP contribution is -2.30. The average Bonchev–Trinajstić information content (AvgIpc) is 2.62. The van der Waals surface area contributed by atoms with Crippen LogP contribution in [-0.4, -0.2) is 16.0 Å². The van der Waals surface area contributed by atoms with Gasteiger partial charge in [0, 0.05) is 15.2 Å². The summed E-state index contributed by atoms with van der Waals surface area (Å²) < 4.78 is 12.7. The fourth-order valence-corrected chi connectivity index (χ4v) is 4.71. The molecule has 2 rings (SSSR count). The Morgan fingerprint density at radius 1 is 1.28 bits per heavy atom. The highest BCUT2D eigenvalue weighted by Crippen LogP contribution is 2.30. The number of benzene rings is 1. The van der Waals surface area contributed by atoms with Gasteiger partial charge in [0.1, 0.15) is 0 Å². The van der Waals surface area contributed by atoms with Crippen molar-refractivity contribution >= 4 is 22.4 Å². The second-order valence-electron chi connectivity index (χ2n) is 4.93. The molecule has 0 bridgehead atoms. The smallest absolute Gasteiger partial charge is 0.0564 e. The van der Waals surface area contributed by atoms with Crippen molar-refractivity contribution in [3.63, 3.8) is 0 Å². The van der Waals surface area contributed by atoms with E-state index in [9.17, 15) is 4.21 Å². The van der Waals surface area contributed by atoms with Gasteiger partial charge in [-0.1, -0.05) is 36.9 Å². The first-order valence-electron chi connectivity index (χ1n) is 6.58. The van der Waals surface area contributed by atoms with E-state index in [-0.39, 0.29) is 5.25 Å². The van der Waals surface area contributed by atoms with E-state index >= 15 is 0 Å². The van der Waals surface area contributed by atoms with Crippen molar-refractivity contribution in [3.05, 3.63) is 29.3 Å². The summed E-state index contributed by atoms with van der Waals surface area (Å²) in [6.45, 7) is 0.636. The van der Waals surface area contributed by atoms with Crippen molar-refractivity contribution in [2.45, 2.75) is 42.2 Å². The Hall–Kier alpha value is -0.380. The van der Waals surface area contributed by atoms with Crippen molar-refractivity contribution in [2.75, 3.05) is 6.54 Å². The summed E-state index contributed by atoms with van der Waals surface area (Å²) in [5.41, 5.74) is 5.85. The van der Waals surface area contributed by atoms with Crippen LogP contribution in [0.1, 0.15) is 32.1 Å². The number of rotatable bonds is 3. The average molecular weight is 286 g/mol. The summed E-state index contributed by atoms with van der Waals surface area (Å²) in [6.07, 6.45) is 5.73. The largest absolute Gasteiger partial charge is 0.330 e. The molecule has 1 saturated carbocycles. The van der Waals surface area contributed by atoms with Crippen molar-refractivity contribution in [3.8, 4) is 0 Å². The van der Waals surface area contributed by atoms with Crippen LogP contribution in [0.2, 0.25) is 5.02 Å². The summed E-state index contributed by atoms with van der Waals surface area (Å²) in [6, 6.07) is 7.40. The third kappa shape index (κ3) is 3.34. The van der Waals surface area contributed by atoms with Crippen molar-refractivity contribution in [1.29, 1.82) is 0 Å². The first-order valence-corrected chi connectivity index (χ1v) is 8.17. The molecule has 0 amide bonds. The molecular formula is C14H20ClNOS. The number of nitrogens with two attached hydrogens (primary N) is 1. The first-order chi connectivity index (χ1) is 8.72. The van der Waals surface area contributed by atoms with E-state index in [1.807, 2.05) is 24.3 Å². The van der Waals surface area contributed by atoms with Crippen LogP contribution in [0.3, 0.4) is 0 Å². The lowest BCUT2D eigenvalue weighted by atomic mass is 10.0. The zero-order chi connectivity index (χ0) is 13.0. The molecule has 3 unspecified atom stereocenters. The summed E-state index contributed by atoms with van der Waals surface area (Å²) in [5, 5.41) is 0.842. The first kappa shape index (κ1) is 14.0. The molecule has 0 heterocycles. The Balaban J connectivity index is 2.19. The SMILES string of the molecule is NCC1CCCCCC1S(=O)c1cccc(Cl)c1. The van der Waals surface area contributed by atoms with Crippen molar-refractivity contribution in [2.24, 2.45) is 11.7 Å². The Labute approximate surface area is 116 Å². The molecule has 1 aromatic carbocycles. The van der Waals surface area contributed by atoms with E-state index in [0.717, 1.165) is 24.2 Å². The molecule has 1 aliphatic rings.